The average Bonchev–Trinajstić information content (AvgIpc) is 3.03. The van der Waals surface area contributed by atoms with Crippen LogP contribution in [-0.2, 0) is 6.54 Å². The Hall–Kier alpha value is -2.91. The lowest BCUT2D eigenvalue weighted by atomic mass is 9.91. The van der Waals surface area contributed by atoms with Crippen LogP contribution in [0.25, 0.3) is 10.2 Å². The van der Waals surface area contributed by atoms with Gasteiger partial charge in [-0.15, -0.1) is 11.3 Å². The molecule has 3 aromatic rings. The van der Waals surface area contributed by atoms with E-state index in [9.17, 15) is 4.79 Å². The van der Waals surface area contributed by atoms with Crippen LogP contribution in [0.3, 0.4) is 0 Å². The molecule has 1 saturated carbocycles. The number of hydrogen-bond donors (Lipinski definition) is 1. The fourth-order valence-electron chi connectivity index (χ4n) is 3.02. The second-order valence-electron chi connectivity index (χ2n) is 6.41. The van der Waals surface area contributed by atoms with Gasteiger partial charge in [-0.1, -0.05) is 12.1 Å². The number of carbonyl (C=O) groups is 1. The molecule has 0 atom stereocenters. The smallest absolute Gasteiger partial charge is 0.315 e. The molecule has 1 N–H and O–H groups in total. The van der Waals surface area contributed by atoms with Gasteiger partial charge in [0.15, 0.2) is 0 Å². The maximum absolute atomic E-state index is 12.8. The van der Waals surface area contributed by atoms with Gasteiger partial charge in [-0.3, -0.25) is 0 Å². The molecule has 5 nitrogen and oxygen atoms in total. The highest BCUT2D eigenvalue weighted by atomic mass is 32.1. The number of fused-ring (bicyclic) bond motifs is 1. The number of hydrogen-bond acceptors (Lipinski definition) is 4. The minimum Gasteiger partial charge on any atom is -0.315 e. The van der Waals surface area contributed by atoms with E-state index in [1.54, 1.807) is 35.6 Å². The summed E-state index contributed by atoms with van der Waals surface area (Å²) in [6, 6.07) is 17.2. The van der Waals surface area contributed by atoms with Crippen LogP contribution in [0.1, 0.15) is 29.8 Å². The second-order valence-corrected chi connectivity index (χ2v) is 7.52. The molecule has 0 spiro atoms. The number of rotatable bonds is 4. The van der Waals surface area contributed by atoms with Crippen LogP contribution in [0.15, 0.2) is 48.5 Å². The zero-order valence-corrected chi connectivity index (χ0v) is 15.0. The van der Waals surface area contributed by atoms with E-state index in [-0.39, 0.29) is 12.1 Å². The molecule has 130 valence electrons. The Morgan fingerprint density at radius 3 is 2.65 bits per heavy atom. The maximum atomic E-state index is 12.8. The van der Waals surface area contributed by atoms with Crippen LogP contribution in [0.2, 0.25) is 0 Å². The summed E-state index contributed by atoms with van der Waals surface area (Å²) >= 11 is 1.64. The first kappa shape index (κ1) is 16.6. The maximum Gasteiger partial charge on any atom is 0.322 e. The van der Waals surface area contributed by atoms with Crippen molar-refractivity contribution in [2.75, 3.05) is 5.32 Å². The number of amides is 2. The summed E-state index contributed by atoms with van der Waals surface area (Å²) in [7, 11) is 0. The molecule has 1 aliphatic carbocycles. The summed E-state index contributed by atoms with van der Waals surface area (Å²) in [5.41, 5.74) is 2.25. The van der Waals surface area contributed by atoms with Crippen molar-refractivity contribution in [3.63, 3.8) is 0 Å². The molecule has 0 aliphatic heterocycles. The van der Waals surface area contributed by atoms with Crippen molar-refractivity contribution in [1.29, 1.82) is 5.26 Å². The third kappa shape index (κ3) is 3.39. The Bertz CT molecular complexity index is 936. The van der Waals surface area contributed by atoms with Crippen LogP contribution in [0.5, 0.6) is 0 Å². The lowest BCUT2D eigenvalue weighted by molar-refractivity contribution is 0.143. The molecule has 4 rings (SSSR count). The fourth-order valence-corrected chi connectivity index (χ4v) is 3.99. The Morgan fingerprint density at radius 2 is 2.00 bits per heavy atom. The summed E-state index contributed by atoms with van der Waals surface area (Å²) < 4.78 is 1.14. The van der Waals surface area contributed by atoms with Gasteiger partial charge in [0.1, 0.15) is 5.01 Å². The lowest BCUT2D eigenvalue weighted by Crippen LogP contribution is -2.45. The van der Waals surface area contributed by atoms with Gasteiger partial charge < -0.3 is 10.2 Å². The van der Waals surface area contributed by atoms with Crippen LogP contribution < -0.4 is 5.32 Å². The molecule has 0 saturated heterocycles. The summed E-state index contributed by atoms with van der Waals surface area (Å²) in [6.45, 7) is 0.520. The van der Waals surface area contributed by atoms with Crippen LogP contribution in [0.4, 0.5) is 10.5 Å². The third-order valence-electron chi connectivity index (χ3n) is 4.69. The molecule has 0 bridgehead atoms. The van der Waals surface area contributed by atoms with E-state index >= 15 is 0 Å². The molecule has 2 amide bonds. The molecule has 1 fully saturated rings. The molecule has 1 aliphatic rings. The Kier molecular flexibility index (Phi) is 4.55. The molecular weight excluding hydrogens is 344 g/mol. The van der Waals surface area contributed by atoms with E-state index in [4.69, 9.17) is 5.26 Å². The Labute approximate surface area is 155 Å². The number of thiazole rings is 1. The molecule has 0 radical (unpaired) electrons. The van der Waals surface area contributed by atoms with Gasteiger partial charge in [-0.25, -0.2) is 9.78 Å². The molecule has 1 aromatic heterocycles. The number of nitrogens with zero attached hydrogens (tertiary/aromatic N) is 3. The minimum atomic E-state index is -0.112. The average molecular weight is 362 g/mol. The van der Waals surface area contributed by atoms with Gasteiger partial charge >= 0.3 is 6.03 Å². The largest absolute Gasteiger partial charge is 0.322 e. The Balaban J connectivity index is 1.52. The van der Waals surface area contributed by atoms with E-state index in [1.807, 2.05) is 23.1 Å². The van der Waals surface area contributed by atoms with Crippen molar-refractivity contribution in [2.45, 2.75) is 31.8 Å². The first-order chi connectivity index (χ1) is 12.7. The highest BCUT2D eigenvalue weighted by Crippen LogP contribution is 2.29. The van der Waals surface area contributed by atoms with Crippen molar-refractivity contribution >= 4 is 33.3 Å². The van der Waals surface area contributed by atoms with E-state index in [0.717, 1.165) is 34.5 Å². The van der Waals surface area contributed by atoms with Crippen LogP contribution >= 0.6 is 11.3 Å². The van der Waals surface area contributed by atoms with Gasteiger partial charge in [0.25, 0.3) is 0 Å². The molecule has 1 heterocycles. The van der Waals surface area contributed by atoms with E-state index in [1.165, 1.54) is 0 Å². The first-order valence-electron chi connectivity index (χ1n) is 8.65. The normalized spacial score (nSPS) is 13.8. The second kappa shape index (κ2) is 7.14. The number of nitriles is 1. The summed E-state index contributed by atoms with van der Waals surface area (Å²) in [6.07, 6.45) is 3.22. The first-order valence-corrected chi connectivity index (χ1v) is 9.47. The third-order valence-corrected chi connectivity index (χ3v) is 5.71. The zero-order valence-electron chi connectivity index (χ0n) is 14.2. The van der Waals surface area contributed by atoms with Gasteiger partial charge in [0.2, 0.25) is 0 Å². The summed E-state index contributed by atoms with van der Waals surface area (Å²) in [4.78, 5) is 19.4. The standard InChI is InChI=1S/C20H18N4OS/c21-12-14-8-10-15(11-9-14)22-20(25)24(16-4-3-5-16)13-19-23-17-6-1-2-7-18(17)26-19/h1-2,6-11,16H,3-5,13H2,(H,22,25). The number of carbonyl (C=O) groups excluding carboxylic acids is 1. The monoisotopic (exact) mass is 362 g/mol. The number of urea groups is 1. The van der Waals surface area contributed by atoms with Crippen LogP contribution in [0, 0.1) is 11.3 Å². The number of benzene rings is 2. The van der Waals surface area contributed by atoms with Crippen LogP contribution in [-0.4, -0.2) is 22.0 Å². The molecule has 0 unspecified atom stereocenters. The van der Waals surface area contributed by atoms with Crippen molar-refractivity contribution in [2.24, 2.45) is 0 Å². The molecular formula is C20H18N4OS. The Morgan fingerprint density at radius 1 is 1.23 bits per heavy atom. The van der Waals surface area contributed by atoms with E-state index < -0.39 is 0 Å². The van der Waals surface area contributed by atoms with Crippen molar-refractivity contribution in [3.05, 3.63) is 59.1 Å². The van der Waals surface area contributed by atoms with Crippen molar-refractivity contribution < 1.29 is 4.79 Å². The minimum absolute atomic E-state index is 0.112. The van der Waals surface area contributed by atoms with Gasteiger partial charge in [0.05, 0.1) is 28.4 Å². The lowest BCUT2D eigenvalue weighted by Gasteiger charge is -2.37. The number of nitrogens with one attached hydrogen (secondary N) is 1. The summed E-state index contributed by atoms with van der Waals surface area (Å²) in [5, 5.41) is 12.8. The molecule has 6 heteroatoms. The number of aromatic nitrogens is 1. The van der Waals surface area contributed by atoms with E-state index in [0.29, 0.717) is 17.8 Å². The number of anilines is 1. The highest BCUT2D eigenvalue weighted by Gasteiger charge is 2.29. The van der Waals surface area contributed by atoms with Gasteiger partial charge in [-0.2, -0.15) is 5.26 Å². The predicted molar refractivity (Wildman–Crippen MR) is 103 cm³/mol. The number of para-hydroxylation sites is 1. The van der Waals surface area contributed by atoms with Crippen molar-refractivity contribution in [1.82, 2.24) is 9.88 Å². The fraction of sp³-hybridized carbons (Fsp3) is 0.250. The van der Waals surface area contributed by atoms with E-state index in [2.05, 4.69) is 22.4 Å². The van der Waals surface area contributed by atoms with Gasteiger partial charge in [-0.05, 0) is 55.7 Å². The molecule has 26 heavy (non-hydrogen) atoms. The topological polar surface area (TPSA) is 69.0 Å². The zero-order chi connectivity index (χ0) is 17.9. The predicted octanol–water partition coefficient (Wildman–Crippen LogP) is 4.75. The SMILES string of the molecule is N#Cc1ccc(NC(=O)N(Cc2nc3ccccc3s2)C2CCC2)cc1. The molecule has 2 aromatic carbocycles. The highest BCUT2D eigenvalue weighted by molar-refractivity contribution is 7.18. The quantitative estimate of drug-likeness (QED) is 0.728. The summed E-state index contributed by atoms with van der Waals surface area (Å²) in [5.74, 6) is 0. The van der Waals surface area contributed by atoms with Crippen molar-refractivity contribution in [3.8, 4) is 6.07 Å². The van der Waals surface area contributed by atoms with Gasteiger partial charge in [0, 0.05) is 11.7 Å².